The first-order chi connectivity index (χ1) is 33.7. The van der Waals surface area contributed by atoms with Gasteiger partial charge >= 0.3 is 0 Å². The maximum absolute atomic E-state index is 4.90. The summed E-state index contributed by atoms with van der Waals surface area (Å²) in [6, 6.07) is 54.7. The minimum Gasteiger partial charge on any atom is -0.286 e. The topological polar surface area (TPSA) is 83.8 Å². The average molecular weight is 879 g/mol. The van der Waals surface area contributed by atoms with Gasteiger partial charge in [0.15, 0.2) is 0 Å². The highest BCUT2D eigenvalue weighted by Crippen LogP contribution is 2.56. The van der Waals surface area contributed by atoms with E-state index in [2.05, 4.69) is 163 Å². The summed E-state index contributed by atoms with van der Waals surface area (Å²) in [7, 11) is 0. The van der Waals surface area contributed by atoms with Crippen molar-refractivity contribution in [2.24, 2.45) is 0 Å². The molecular weight excluding hydrogens is 833 g/mol. The smallest absolute Gasteiger partial charge is 0.0545 e. The molecule has 0 atom stereocenters. The fraction of sp³-hybridized carbons (Fsp3) is 0.133. The Morgan fingerprint density at radius 1 is 0.309 bits per heavy atom. The molecule has 3 aromatic carbocycles. The zero-order valence-electron chi connectivity index (χ0n) is 37.5. The third-order valence-electron chi connectivity index (χ3n) is 12.6. The predicted octanol–water partition coefficient (Wildman–Crippen LogP) is 10.2. The van der Waals surface area contributed by atoms with E-state index in [0.29, 0.717) is 39.3 Å². The van der Waals surface area contributed by atoms with E-state index in [4.69, 9.17) is 9.97 Å². The molecule has 0 aliphatic heterocycles. The van der Waals surface area contributed by atoms with E-state index in [1.165, 1.54) is 33.4 Å². The molecule has 6 heterocycles. The van der Waals surface area contributed by atoms with Crippen molar-refractivity contribution >= 4 is 0 Å². The highest BCUT2D eigenvalue weighted by molar-refractivity contribution is 5.71. The lowest BCUT2D eigenvalue weighted by Gasteiger charge is -2.42. The van der Waals surface area contributed by atoms with Crippen molar-refractivity contribution in [2.75, 3.05) is 0 Å². The van der Waals surface area contributed by atoms with Crippen molar-refractivity contribution in [1.82, 2.24) is 39.7 Å². The van der Waals surface area contributed by atoms with Crippen molar-refractivity contribution in [1.29, 1.82) is 0 Å². The molecule has 3 aliphatic carbocycles. The molecule has 12 rings (SSSR count). The van der Waals surface area contributed by atoms with Gasteiger partial charge in [0.1, 0.15) is 0 Å². The number of hydrogen-bond acceptors (Lipinski definition) is 8. The summed E-state index contributed by atoms with van der Waals surface area (Å²) < 4.78 is 0. The molecule has 6 aromatic heterocycles. The molecular formula is C60H46N8. The molecule has 9 aromatic rings. The lowest BCUT2D eigenvalue weighted by Crippen LogP contribution is -2.27. The van der Waals surface area contributed by atoms with Crippen molar-refractivity contribution in [2.45, 2.75) is 51.1 Å². The largest absolute Gasteiger partial charge is 0.286 e. The second-order valence-electron chi connectivity index (χ2n) is 17.3. The van der Waals surface area contributed by atoms with E-state index in [1.807, 2.05) is 85.7 Å². The van der Waals surface area contributed by atoms with Crippen molar-refractivity contribution < 1.29 is 0 Å². The van der Waals surface area contributed by atoms with E-state index < -0.39 is 0 Å². The fourth-order valence-corrected chi connectivity index (χ4v) is 9.56. The number of rotatable bonds is 12. The molecule has 0 N–H and O–H groups in total. The quantitative estimate of drug-likeness (QED) is 0.112. The standard InChI is InChI=1S/C60H46N8/c1-2-18-54-53(17-1)59-55-19-3-4-20-56(55)60(54)58-34-46(26-22-44-24-28-52(66-36-44)42-68(39-49-15-7-11-31-63-49)40-50-16-8-12-32-64-50)45(33-57(58)59)25-21-43-23-27-51(65-35-43)41-67(37-47-13-5-9-29-61-47)38-48-14-6-10-30-62-48/h1-20,23-24,27-36,59-60H,37-42H2. The molecule has 3 aliphatic rings. The molecule has 2 bridgehead atoms. The summed E-state index contributed by atoms with van der Waals surface area (Å²) >= 11 is 0. The first kappa shape index (κ1) is 42.2. The van der Waals surface area contributed by atoms with Gasteiger partial charge in [-0.1, -0.05) is 96.5 Å². The Kier molecular flexibility index (Phi) is 12.2. The monoisotopic (exact) mass is 878 g/mol. The number of aromatic nitrogens is 6. The second-order valence-corrected chi connectivity index (χ2v) is 17.3. The Hall–Kier alpha value is -8.40. The van der Waals surface area contributed by atoms with Crippen LogP contribution in [-0.2, 0) is 39.3 Å². The Bertz CT molecular complexity index is 2950. The molecule has 8 heteroatoms. The highest BCUT2D eigenvalue weighted by atomic mass is 15.1. The van der Waals surface area contributed by atoms with Gasteiger partial charge < -0.3 is 0 Å². The molecule has 0 radical (unpaired) electrons. The van der Waals surface area contributed by atoms with Crippen LogP contribution in [0.15, 0.2) is 195 Å². The Morgan fingerprint density at radius 3 is 0.897 bits per heavy atom. The zero-order chi connectivity index (χ0) is 45.5. The Labute approximate surface area is 397 Å². The van der Waals surface area contributed by atoms with Crippen LogP contribution < -0.4 is 0 Å². The molecule has 0 amide bonds. The summed E-state index contributed by atoms with van der Waals surface area (Å²) in [6.45, 7) is 3.99. The number of hydrogen-bond donors (Lipinski definition) is 0. The van der Waals surface area contributed by atoms with Crippen molar-refractivity contribution in [3.8, 4) is 23.7 Å². The van der Waals surface area contributed by atoms with Crippen LogP contribution >= 0.6 is 0 Å². The predicted molar refractivity (Wildman–Crippen MR) is 264 cm³/mol. The first-order valence-electron chi connectivity index (χ1n) is 23.0. The van der Waals surface area contributed by atoms with E-state index in [1.54, 1.807) is 0 Å². The van der Waals surface area contributed by atoms with Crippen LogP contribution in [-0.4, -0.2) is 39.7 Å². The lowest BCUT2D eigenvalue weighted by molar-refractivity contribution is 0.239. The minimum atomic E-state index is 0.123. The maximum Gasteiger partial charge on any atom is 0.0545 e. The Morgan fingerprint density at radius 2 is 0.618 bits per heavy atom. The molecule has 0 fully saturated rings. The van der Waals surface area contributed by atoms with Crippen LogP contribution in [0.1, 0.15) is 102 Å². The number of nitrogens with zero attached hydrogens (tertiary/aromatic N) is 8. The van der Waals surface area contributed by atoms with E-state index in [9.17, 15) is 0 Å². The molecule has 326 valence electrons. The van der Waals surface area contributed by atoms with Gasteiger partial charge in [-0.2, -0.15) is 0 Å². The van der Waals surface area contributed by atoms with Gasteiger partial charge in [-0.25, -0.2) is 0 Å². The van der Waals surface area contributed by atoms with E-state index >= 15 is 0 Å². The molecule has 0 saturated carbocycles. The van der Waals surface area contributed by atoms with Gasteiger partial charge in [0, 0.05) is 111 Å². The van der Waals surface area contributed by atoms with Gasteiger partial charge in [-0.05, 0) is 118 Å². The van der Waals surface area contributed by atoms with Gasteiger partial charge in [0.25, 0.3) is 0 Å². The van der Waals surface area contributed by atoms with Crippen LogP contribution in [0, 0.1) is 23.7 Å². The third-order valence-corrected chi connectivity index (χ3v) is 12.6. The average Bonchev–Trinajstić information content (AvgIpc) is 3.39. The highest BCUT2D eigenvalue weighted by Gasteiger charge is 2.41. The third kappa shape index (κ3) is 9.47. The molecule has 0 spiro atoms. The minimum absolute atomic E-state index is 0.123. The zero-order valence-corrected chi connectivity index (χ0v) is 37.5. The Balaban J connectivity index is 0.894. The van der Waals surface area contributed by atoms with E-state index in [0.717, 1.165) is 56.4 Å². The summed E-state index contributed by atoms with van der Waals surface area (Å²) in [5.41, 5.74) is 17.4. The van der Waals surface area contributed by atoms with E-state index in [-0.39, 0.29) is 11.8 Å². The number of pyridine rings is 6. The van der Waals surface area contributed by atoms with Gasteiger partial charge in [-0.3, -0.25) is 39.7 Å². The van der Waals surface area contributed by atoms with Crippen LogP contribution in [0.4, 0.5) is 0 Å². The summed E-state index contributed by atoms with van der Waals surface area (Å²) in [5, 5.41) is 0. The van der Waals surface area contributed by atoms with Crippen LogP contribution in [0.3, 0.4) is 0 Å². The van der Waals surface area contributed by atoms with Crippen LogP contribution in [0.25, 0.3) is 0 Å². The molecule has 0 unspecified atom stereocenters. The first-order valence-corrected chi connectivity index (χ1v) is 23.0. The maximum atomic E-state index is 4.90. The SMILES string of the molecule is C(#Cc1cc2c(cc1C#Cc1ccc(CN(Cc3ccccn3)Cc3ccccn3)nc1)C1c3ccccc3C2c2ccccc21)c1ccc(CN(Cc2ccccn2)Cc2ccccn2)nc1. The van der Waals surface area contributed by atoms with Crippen molar-refractivity contribution in [3.63, 3.8) is 0 Å². The number of benzene rings is 3. The molecule has 0 saturated heterocycles. The van der Waals surface area contributed by atoms with Gasteiger partial charge in [0.05, 0.1) is 34.2 Å². The van der Waals surface area contributed by atoms with Crippen LogP contribution in [0.5, 0.6) is 0 Å². The molecule has 68 heavy (non-hydrogen) atoms. The lowest BCUT2D eigenvalue weighted by atomic mass is 9.60. The van der Waals surface area contributed by atoms with Gasteiger partial charge in [-0.15, -0.1) is 0 Å². The normalized spacial score (nSPS) is 14.0. The van der Waals surface area contributed by atoms with Crippen molar-refractivity contribution in [3.05, 3.63) is 285 Å². The fourth-order valence-electron chi connectivity index (χ4n) is 9.56. The summed E-state index contributed by atoms with van der Waals surface area (Å²) in [6.07, 6.45) is 11.1. The second kappa shape index (κ2) is 19.6. The summed E-state index contributed by atoms with van der Waals surface area (Å²) in [5.74, 6) is 14.3. The summed E-state index contributed by atoms with van der Waals surface area (Å²) in [4.78, 5) is 32.8. The van der Waals surface area contributed by atoms with Gasteiger partial charge in [0.2, 0.25) is 0 Å². The van der Waals surface area contributed by atoms with Crippen LogP contribution in [0.2, 0.25) is 0 Å². The molecule has 8 nitrogen and oxygen atoms in total.